The first kappa shape index (κ1) is 11.4. The van der Waals surface area contributed by atoms with E-state index in [4.69, 9.17) is 5.73 Å². The Bertz CT molecular complexity index is 400. The third kappa shape index (κ3) is 2.18. The lowest BCUT2D eigenvalue weighted by Gasteiger charge is -2.22. The fourth-order valence-corrected chi connectivity index (χ4v) is 4.39. The highest BCUT2D eigenvalue weighted by molar-refractivity contribution is 7.10. The Morgan fingerprint density at radius 1 is 1.47 bits per heavy atom. The zero-order valence-electron chi connectivity index (χ0n) is 9.97. The highest BCUT2D eigenvalue weighted by Gasteiger charge is 2.40. The van der Waals surface area contributed by atoms with Crippen LogP contribution >= 0.6 is 11.3 Å². The molecule has 2 bridgehead atoms. The molecule has 0 saturated heterocycles. The van der Waals surface area contributed by atoms with Gasteiger partial charge in [-0.3, -0.25) is 4.79 Å². The van der Waals surface area contributed by atoms with Gasteiger partial charge < -0.3 is 5.73 Å². The molecule has 1 heterocycles. The Morgan fingerprint density at radius 2 is 2.35 bits per heavy atom. The predicted octanol–water partition coefficient (Wildman–Crippen LogP) is 3.14. The van der Waals surface area contributed by atoms with E-state index in [2.05, 4.69) is 0 Å². The molecule has 2 N–H and O–H groups in total. The monoisotopic (exact) mass is 249 g/mol. The van der Waals surface area contributed by atoms with Crippen LogP contribution in [0, 0.1) is 17.8 Å². The molecule has 1 aromatic rings. The molecule has 92 valence electrons. The van der Waals surface area contributed by atoms with Gasteiger partial charge in [-0.15, -0.1) is 11.3 Å². The van der Waals surface area contributed by atoms with Gasteiger partial charge in [0.2, 0.25) is 0 Å². The fourth-order valence-electron chi connectivity index (χ4n) is 3.64. The van der Waals surface area contributed by atoms with E-state index < -0.39 is 0 Å². The number of hydrogen-bond donors (Lipinski definition) is 1. The molecule has 0 amide bonds. The maximum Gasteiger partial charge on any atom is 0.155 e. The summed E-state index contributed by atoms with van der Waals surface area (Å²) in [4.78, 5) is 13.2. The molecular formula is C14H19NOS. The normalized spacial score (nSPS) is 32.9. The van der Waals surface area contributed by atoms with Crippen LogP contribution in [0.3, 0.4) is 0 Å². The van der Waals surface area contributed by atoms with Gasteiger partial charge in [0.1, 0.15) is 0 Å². The summed E-state index contributed by atoms with van der Waals surface area (Å²) in [5.41, 5.74) is 6.02. The molecule has 0 spiro atoms. The quantitative estimate of drug-likeness (QED) is 0.890. The smallest absolute Gasteiger partial charge is 0.155 e. The van der Waals surface area contributed by atoms with Crippen LogP contribution in [0.5, 0.6) is 0 Å². The summed E-state index contributed by atoms with van der Waals surface area (Å²) < 4.78 is 0. The lowest BCUT2D eigenvalue weighted by molar-refractivity contribution is -0.121. The van der Waals surface area contributed by atoms with Gasteiger partial charge in [0, 0.05) is 11.3 Å². The number of fused-ring (bicyclic) bond motifs is 2. The van der Waals surface area contributed by atoms with Gasteiger partial charge in [-0.1, -0.05) is 12.5 Å². The number of thiophene rings is 1. The third-order valence-corrected chi connectivity index (χ3v) is 5.50. The van der Waals surface area contributed by atoms with E-state index in [-0.39, 0.29) is 11.8 Å². The number of rotatable bonds is 4. The van der Waals surface area contributed by atoms with Gasteiger partial charge in [-0.05, 0) is 48.5 Å². The van der Waals surface area contributed by atoms with Gasteiger partial charge in [0.25, 0.3) is 0 Å². The predicted molar refractivity (Wildman–Crippen MR) is 69.8 cm³/mol. The number of Topliss-reactive ketones (excluding diaryl/α,β-unsaturated/α-hetero) is 1. The molecule has 2 aliphatic rings. The van der Waals surface area contributed by atoms with Crippen molar-refractivity contribution < 1.29 is 4.79 Å². The lowest BCUT2D eigenvalue weighted by Crippen LogP contribution is -2.24. The van der Waals surface area contributed by atoms with Crippen LogP contribution in [0.4, 0.5) is 0 Å². The van der Waals surface area contributed by atoms with Crippen LogP contribution in [0.25, 0.3) is 0 Å². The van der Waals surface area contributed by atoms with Crippen molar-refractivity contribution in [1.82, 2.24) is 0 Å². The van der Waals surface area contributed by atoms with Crippen molar-refractivity contribution in [2.75, 3.05) is 0 Å². The van der Waals surface area contributed by atoms with Crippen LogP contribution in [-0.2, 0) is 4.79 Å². The van der Waals surface area contributed by atoms with Crippen molar-refractivity contribution in [3.8, 4) is 0 Å². The van der Waals surface area contributed by atoms with Crippen molar-refractivity contribution in [2.45, 2.75) is 38.1 Å². The minimum atomic E-state index is -0.380. The summed E-state index contributed by atoms with van der Waals surface area (Å²) in [6.07, 6.45) is 6.09. The highest BCUT2D eigenvalue weighted by atomic mass is 32.1. The topological polar surface area (TPSA) is 43.1 Å². The molecule has 0 radical (unpaired) electrons. The van der Waals surface area contributed by atoms with Crippen molar-refractivity contribution in [2.24, 2.45) is 23.5 Å². The zero-order valence-corrected chi connectivity index (χ0v) is 10.8. The molecule has 17 heavy (non-hydrogen) atoms. The van der Waals surface area contributed by atoms with Gasteiger partial charge in [0.05, 0.1) is 6.04 Å². The summed E-state index contributed by atoms with van der Waals surface area (Å²) >= 11 is 1.59. The Kier molecular flexibility index (Phi) is 3.05. The van der Waals surface area contributed by atoms with E-state index in [1.807, 2.05) is 17.5 Å². The molecule has 3 rings (SSSR count). The van der Waals surface area contributed by atoms with Crippen LogP contribution in [-0.4, -0.2) is 5.78 Å². The second-order valence-corrected chi connectivity index (χ2v) is 6.58. The van der Waals surface area contributed by atoms with Crippen molar-refractivity contribution in [3.05, 3.63) is 22.4 Å². The fraction of sp³-hybridized carbons (Fsp3) is 0.643. The first-order valence-corrected chi connectivity index (χ1v) is 7.43. The SMILES string of the molecule is NC(C(=O)CC1CC2CCC1C2)c1cccs1. The average Bonchev–Trinajstić information content (AvgIpc) is 3.04. The van der Waals surface area contributed by atoms with Crippen LogP contribution < -0.4 is 5.73 Å². The average molecular weight is 249 g/mol. The summed E-state index contributed by atoms with van der Waals surface area (Å²) in [6, 6.07) is 3.55. The Labute approximate surface area is 106 Å². The number of carbonyl (C=O) groups excluding carboxylic acids is 1. The number of carbonyl (C=O) groups is 1. The molecule has 0 aromatic carbocycles. The van der Waals surface area contributed by atoms with Gasteiger partial charge >= 0.3 is 0 Å². The standard InChI is InChI=1S/C14H19NOS/c15-14(13-2-1-5-17-13)12(16)8-11-7-9-3-4-10(11)6-9/h1-2,5,9-11,14H,3-4,6-8,15H2. The van der Waals surface area contributed by atoms with Gasteiger partial charge in [-0.2, -0.15) is 0 Å². The van der Waals surface area contributed by atoms with Crippen molar-refractivity contribution in [1.29, 1.82) is 0 Å². The molecule has 2 aliphatic carbocycles. The second-order valence-electron chi connectivity index (χ2n) is 5.60. The van der Waals surface area contributed by atoms with E-state index in [0.717, 1.165) is 16.7 Å². The third-order valence-electron chi connectivity index (χ3n) is 4.54. The van der Waals surface area contributed by atoms with E-state index in [0.29, 0.717) is 12.3 Å². The molecule has 2 fully saturated rings. The largest absolute Gasteiger partial charge is 0.317 e. The van der Waals surface area contributed by atoms with E-state index >= 15 is 0 Å². The van der Waals surface area contributed by atoms with E-state index in [9.17, 15) is 4.79 Å². The van der Waals surface area contributed by atoms with Crippen molar-refractivity contribution >= 4 is 17.1 Å². The summed E-state index contributed by atoms with van der Waals surface area (Å²) in [5.74, 6) is 2.60. The minimum absolute atomic E-state index is 0.241. The number of nitrogens with two attached hydrogens (primary N) is 1. The molecule has 4 atom stereocenters. The first-order valence-electron chi connectivity index (χ1n) is 6.55. The highest BCUT2D eigenvalue weighted by Crippen LogP contribution is 2.49. The Balaban J connectivity index is 1.60. The summed E-state index contributed by atoms with van der Waals surface area (Å²) in [5, 5.41) is 1.99. The van der Waals surface area contributed by atoms with Crippen LogP contribution in [0.2, 0.25) is 0 Å². The maximum atomic E-state index is 12.2. The zero-order chi connectivity index (χ0) is 11.8. The maximum absolute atomic E-state index is 12.2. The molecule has 3 heteroatoms. The van der Waals surface area contributed by atoms with Crippen LogP contribution in [0.1, 0.15) is 43.0 Å². The molecule has 1 aromatic heterocycles. The minimum Gasteiger partial charge on any atom is -0.317 e. The lowest BCUT2D eigenvalue weighted by atomic mass is 9.84. The number of hydrogen-bond acceptors (Lipinski definition) is 3. The van der Waals surface area contributed by atoms with Gasteiger partial charge in [-0.25, -0.2) is 0 Å². The van der Waals surface area contributed by atoms with E-state index in [1.165, 1.54) is 25.7 Å². The molecule has 2 nitrogen and oxygen atoms in total. The Morgan fingerprint density at radius 3 is 2.94 bits per heavy atom. The molecule has 4 unspecified atom stereocenters. The van der Waals surface area contributed by atoms with Crippen molar-refractivity contribution in [3.63, 3.8) is 0 Å². The van der Waals surface area contributed by atoms with Crippen LogP contribution in [0.15, 0.2) is 17.5 Å². The molecule has 0 aliphatic heterocycles. The van der Waals surface area contributed by atoms with E-state index in [1.54, 1.807) is 11.3 Å². The second kappa shape index (κ2) is 4.54. The first-order chi connectivity index (χ1) is 8.24. The number of ketones is 1. The Hall–Kier alpha value is -0.670. The summed E-state index contributed by atoms with van der Waals surface area (Å²) in [6.45, 7) is 0. The summed E-state index contributed by atoms with van der Waals surface area (Å²) in [7, 11) is 0. The van der Waals surface area contributed by atoms with Gasteiger partial charge in [0.15, 0.2) is 5.78 Å². The molecular weight excluding hydrogens is 230 g/mol. The molecule has 2 saturated carbocycles.